The van der Waals surface area contributed by atoms with Crippen molar-refractivity contribution in [2.75, 3.05) is 18.8 Å². The number of hydrogen-bond donors (Lipinski definition) is 2. The number of piperidine rings is 1. The summed E-state index contributed by atoms with van der Waals surface area (Å²) in [4.78, 5) is 1.24. The van der Waals surface area contributed by atoms with Gasteiger partial charge in [-0.05, 0) is 48.8 Å². The molecule has 0 aliphatic carbocycles. The van der Waals surface area contributed by atoms with Gasteiger partial charge in [-0.25, -0.2) is 0 Å². The molecule has 1 heterocycles. The summed E-state index contributed by atoms with van der Waals surface area (Å²) in [6, 6.07) is 14.9. The molecule has 1 fully saturated rings. The molecule has 1 saturated heterocycles. The molecule has 0 spiro atoms. The second-order valence-corrected chi connectivity index (χ2v) is 6.32. The van der Waals surface area contributed by atoms with E-state index in [1.165, 1.54) is 15.7 Å². The average Bonchev–Trinajstić information content (AvgIpc) is 2.46. The van der Waals surface area contributed by atoms with Crippen molar-refractivity contribution >= 4 is 22.5 Å². The van der Waals surface area contributed by atoms with Gasteiger partial charge in [0.2, 0.25) is 0 Å². The van der Waals surface area contributed by atoms with E-state index in [-0.39, 0.29) is 0 Å². The normalized spacial score (nSPS) is 18.6. The second kappa shape index (κ2) is 5.53. The fourth-order valence-electron chi connectivity index (χ4n) is 2.51. The van der Waals surface area contributed by atoms with Crippen LogP contribution in [-0.4, -0.2) is 29.5 Å². The Morgan fingerprint density at radius 2 is 1.79 bits per heavy atom. The lowest BCUT2D eigenvalue weighted by Crippen LogP contribution is -2.43. The van der Waals surface area contributed by atoms with Gasteiger partial charge >= 0.3 is 0 Å². The molecule has 0 atom stereocenters. The zero-order valence-corrected chi connectivity index (χ0v) is 11.7. The van der Waals surface area contributed by atoms with Crippen molar-refractivity contribution in [3.05, 3.63) is 42.5 Å². The maximum absolute atomic E-state index is 10.5. The molecule has 2 nitrogen and oxygen atoms in total. The summed E-state index contributed by atoms with van der Waals surface area (Å²) in [5.74, 6) is 0.785. The first-order chi connectivity index (χ1) is 9.25. The largest absolute Gasteiger partial charge is 0.389 e. The van der Waals surface area contributed by atoms with Crippen LogP contribution in [0.1, 0.15) is 12.8 Å². The topological polar surface area (TPSA) is 32.3 Å². The summed E-state index contributed by atoms with van der Waals surface area (Å²) in [6.07, 6.45) is 1.71. The molecule has 100 valence electrons. The number of hydrogen-bond acceptors (Lipinski definition) is 3. The van der Waals surface area contributed by atoms with Gasteiger partial charge in [-0.2, -0.15) is 0 Å². The van der Waals surface area contributed by atoms with Crippen LogP contribution in [0, 0.1) is 0 Å². The lowest BCUT2D eigenvalue weighted by molar-refractivity contribution is 0.0339. The average molecular weight is 273 g/mol. The van der Waals surface area contributed by atoms with Crippen LogP contribution in [0.15, 0.2) is 47.4 Å². The molecule has 2 aromatic carbocycles. The van der Waals surface area contributed by atoms with Crippen molar-refractivity contribution in [2.24, 2.45) is 0 Å². The van der Waals surface area contributed by atoms with Crippen molar-refractivity contribution in [3.63, 3.8) is 0 Å². The molecule has 3 heteroatoms. The van der Waals surface area contributed by atoms with Gasteiger partial charge in [0.25, 0.3) is 0 Å². The zero-order chi connectivity index (χ0) is 13.1. The minimum absolute atomic E-state index is 0.498. The van der Waals surface area contributed by atoms with Crippen molar-refractivity contribution < 1.29 is 5.11 Å². The lowest BCUT2D eigenvalue weighted by Gasteiger charge is -2.32. The standard InChI is InChI=1S/C16H19NOS/c18-16(7-9-17-10-8-16)12-19-15-6-5-13-3-1-2-4-14(13)11-15/h1-6,11,17-18H,7-10,12H2. The highest BCUT2D eigenvalue weighted by Gasteiger charge is 2.28. The van der Waals surface area contributed by atoms with Gasteiger partial charge in [-0.3, -0.25) is 0 Å². The van der Waals surface area contributed by atoms with Crippen molar-refractivity contribution in [1.82, 2.24) is 5.32 Å². The monoisotopic (exact) mass is 273 g/mol. The fraction of sp³-hybridized carbons (Fsp3) is 0.375. The summed E-state index contributed by atoms with van der Waals surface area (Å²) in [6.45, 7) is 1.85. The van der Waals surface area contributed by atoms with Crippen LogP contribution in [0.2, 0.25) is 0 Å². The van der Waals surface area contributed by atoms with Crippen LogP contribution in [0.25, 0.3) is 10.8 Å². The number of fused-ring (bicyclic) bond motifs is 1. The van der Waals surface area contributed by atoms with E-state index < -0.39 is 5.60 Å². The van der Waals surface area contributed by atoms with Crippen LogP contribution in [0.3, 0.4) is 0 Å². The van der Waals surface area contributed by atoms with Crippen molar-refractivity contribution in [2.45, 2.75) is 23.3 Å². The number of benzene rings is 2. The molecule has 0 saturated carbocycles. The third kappa shape index (κ3) is 3.11. The Hall–Kier alpha value is -1.03. The molecule has 0 unspecified atom stereocenters. The van der Waals surface area contributed by atoms with E-state index in [0.29, 0.717) is 0 Å². The highest BCUT2D eigenvalue weighted by Crippen LogP contribution is 2.29. The SMILES string of the molecule is OC1(CSc2ccc3ccccc3c2)CCNCC1. The van der Waals surface area contributed by atoms with Crippen molar-refractivity contribution in [3.8, 4) is 0 Å². The van der Waals surface area contributed by atoms with E-state index in [1.807, 2.05) is 0 Å². The van der Waals surface area contributed by atoms with E-state index in [4.69, 9.17) is 0 Å². The molecule has 0 amide bonds. The van der Waals surface area contributed by atoms with E-state index in [9.17, 15) is 5.11 Å². The molecule has 1 aliphatic rings. The number of nitrogens with one attached hydrogen (secondary N) is 1. The molecule has 2 N–H and O–H groups in total. The van der Waals surface area contributed by atoms with Gasteiger partial charge in [-0.15, -0.1) is 11.8 Å². The Labute approximate surface area is 118 Å². The molecular formula is C16H19NOS. The van der Waals surface area contributed by atoms with Gasteiger partial charge in [0.1, 0.15) is 0 Å². The first-order valence-corrected chi connectivity index (χ1v) is 7.79. The number of aliphatic hydroxyl groups is 1. The Balaban J connectivity index is 1.71. The van der Waals surface area contributed by atoms with Crippen LogP contribution in [-0.2, 0) is 0 Å². The Kier molecular flexibility index (Phi) is 3.78. The minimum atomic E-state index is -0.498. The van der Waals surface area contributed by atoms with Gasteiger partial charge < -0.3 is 10.4 Å². The lowest BCUT2D eigenvalue weighted by atomic mass is 9.95. The minimum Gasteiger partial charge on any atom is -0.389 e. The predicted molar refractivity (Wildman–Crippen MR) is 81.7 cm³/mol. The smallest absolute Gasteiger partial charge is 0.0765 e. The second-order valence-electron chi connectivity index (χ2n) is 5.27. The maximum atomic E-state index is 10.5. The summed E-state index contributed by atoms with van der Waals surface area (Å²) in [5, 5.41) is 16.3. The molecule has 0 bridgehead atoms. The highest BCUT2D eigenvalue weighted by atomic mass is 32.2. The maximum Gasteiger partial charge on any atom is 0.0765 e. The van der Waals surface area contributed by atoms with E-state index in [1.54, 1.807) is 11.8 Å². The first kappa shape index (κ1) is 13.0. The quantitative estimate of drug-likeness (QED) is 0.843. The number of rotatable bonds is 3. The summed E-state index contributed by atoms with van der Waals surface area (Å²) in [7, 11) is 0. The predicted octanol–water partition coefficient (Wildman–Crippen LogP) is 3.05. The Morgan fingerprint density at radius 1 is 1.05 bits per heavy atom. The zero-order valence-electron chi connectivity index (χ0n) is 10.9. The van der Waals surface area contributed by atoms with E-state index >= 15 is 0 Å². The van der Waals surface area contributed by atoms with Crippen LogP contribution >= 0.6 is 11.8 Å². The molecule has 2 aromatic rings. The third-order valence-electron chi connectivity index (χ3n) is 3.76. The molecule has 3 rings (SSSR count). The van der Waals surface area contributed by atoms with Gasteiger partial charge in [0, 0.05) is 10.6 Å². The summed E-state index contributed by atoms with van der Waals surface area (Å²) >= 11 is 1.76. The van der Waals surface area contributed by atoms with Gasteiger partial charge in [0.15, 0.2) is 0 Å². The third-order valence-corrected chi connectivity index (χ3v) is 5.03. The molecule has 1 aliphatic heterocycles. The van der Waals surface area contributed by atoms with Crippen LogP contribution < -0.4 is 5.32 Å². The van der Waals surface area contributed by atoms with Crippen molar-refractivity contribution in [1.29, 1.82) is 0 Å². The van der Waals surface area contributed by atoms with Crippen LogP contribution in [0.5, 0.6) is 0 Å². The summed E-state index contributed by atoms with van der Waals surface area (Å²) < 4.78 is 0. The van der Waals surface area contributed by atoms with Gasteiger partial charge in [-0.1, -0.05) is 30.3 Å². The first-order valence-electron chi connectivity index (χ1n) is 6.80. The molecular weight excluding hydrogens is 254 g/mol. The fourth-order valence-corrected chi connectivity index (χ4v) is 3.61. The highest BCUT2D eigenvalue weighted by molar-refractivity contribution is 7.99. The van der Waals surface area contributed by atoms with Crippen LogP contribution in [0.4, 0.5) is 0 Å². The summed E-state index contributed by atoms with van der Waals surface area (Å²) in [5.41, 5.74) is -0.498. The Morgan fingerprint density at radius 3 is 2.58 bits per heavy atom. The van der Waals surface area contributed by atoms with Gasteiger partial charge in [0.05, 0.1) is 5.60 Å². The number of thioether (sulfide) groups is 1. The van der Waals surface area contributed by atoms with E-state index in [2.05, 4.69) is 47.8 Å². The molecule has 19 heavy (non-hydrogen) atoms. The molecule has 0 radical (unpaired) electrons. The Bertz CT molecular complexity index is 563. The molecule has 0 aromatic heterocycles. The van der Waals surface area contributed by atoms with E-state index in [0.717, 1.165) is 31.7 Å².